The van der Waals surface area contributed by atoms with Crippen molar-refractivity contribution in [2.45, 2.75) is 5.41 Å². The zero-order valence-electron chi connectivity index (χ0n) is 20.4. The maximum atomic E-state index is 12.6. The molecule has 0 unspecified atom stereocenters. The number of esters is 4. The van der Waals surface area contributed by atoms with Gasteiger partial charge in [-0.05, 0) is 80.9 Å². The number of fused-ring (bicyclic) bond motifs is 5. The summed E-state index contributed by atoms with van der Waals surface area (Å²) < 4.78 is 9.77. The van der Waals surface area contributed by atoms with Gasteiger partial charge in [0.15, 0.2) is 0 Å². The van der Waals surface area contributed by atoms with E-state index in [4.69, 9.17) is 9.47 Å². The van der Waals surface area contributed by atoms with Crippen LogP contribution in [0.1, 0.15) is 74.8 Å². The second-order valence-electron chi connectivity index (χ2n) is 9.64. The number of hydrogen-bond acceptors (Lipinski definition) is 6. The van der Waals surface area contributed by atoms with Crippen LogP contribution in [0, 0.1) is 0 Å². The molecule has 0 aromatic heterocycles. The van der Waals surface area contributed by atoms with E-state index in [1.807, 2.05) is 36.4 Å². The van der Waals surface area contributed by atoms with E-state index in [1.54, 1.807) is 48.6 Å². The molecule has 186 valence electrons. The van der Waals surface area contributed by atoms with Gasteiger partial charge in [-0.25, -0.2) is 19.2 Å². The van der Waals surface area contributed by atoms with Crippen LogP contribution in [0.15, 0.2) is 86.0 Å². The first-order chi connectivity index (χ1) is 18.9. The molecule has 0 atom stereocenters. The lowest BCUT2D eigenvalue weighted by atomic mass is 9.66. The van der Waals surface area contributed by atoms with E-state index in [2.05, 4.69) is 13.2 Å². The van der Waals surface area contributed by atoms with Crippen LogP contribution in [-0.4, -0.2) is 23.9 Å². The third-order valence-electron chi connectivity index (χ3n) is 7.81. The molecule has 3 aliphatic rings. The molecule has 0 saturated heterocycles. The predicted molar refractivity (Wildman–Crippen MR) is 143 cm³/mol. The Labute approximate surface area is 222 Å². The van der Waals surface area contributed by atoms with E-state index in [9.17, 15) is 19.2 Å². The third-order valence-corrected chi connectivity index (χ3v) is 7.81. The zero-order chi connectivity index (χ0) is 27.1. The molecular weight excluding hydrogens is 492 g/mol. The SMILES string of the molecule is C=Cc1ccc2c(c1)C(c1ccc3c(c1)C(=O)OC3=O)(c1ccc3c(c1)C(=O)OC3=O)c1cc(C=C)ccc1-2. The molecule has 6 heteroatoms. The van der Waals surface area contributed by atoms with Gasteiger partial charge < -0.3 is 9.47 Å². The molecule has 0 saturated carbocycles. The lowest BCUT2D eigenvalue weighted by Gasteiger charge is -2.34. The van der Waals surface area contributed by atoms with Gasteiger partial charge in [0.05, 0.1) is 27.7 Å². The van der Waals surface area contributed by atoms with Crippen LogP contribution < -0.4 is 0 Å². The standard InChI is InChI=1S/C33H18O6/c1-3-17-5-9-21-22-10-6-18(4-2)14-28(22)33(27(21)13-17,19-7-11-23-25(15-19)31(36)38-29(23)34)20-8-12-24-26(16-20)32(37)39-30(24)35/h3-16H,1-2H2. The second kappa shape index (κ2) is 7.82. The highest BCUT2D eigenvalue weighted by Gasteiger charge is 2.48. The number of ether oxygens (including phenoxy) is 2. The van der Waals surface area contributed by atoms with Crippen LogP contribution >= 0.6 is 0 Å². The van der Waals surface area contributed by atoms with Gasteiger partial charge in [-0.1, -0.05) is 61.7 Å². The van der Waals surface area contributed by atoms with E-state index < -0.39 is 29.3 Å². The fourth-order valence-corrected chi connectivity index (χ4v) is 6.04. The summed E-state index contributed by atoms with van der Waals surface area (Å²) in [7, 11) is 0. The number of benzene rings is 4. The molecular formula is C33H18O6. The minimum atomic E-state index is -1.04. The third kappa shape index (κ3) is 2.91. The van der Waals surface area contributed by atoms with Crippen LogP contribution in [0.4, 0.5) is 0 Å². The van der Waals surface area contributed by atoms with Crippen molar-refractivity contribution in [3.05, 3.63) is 142 Å². The summed E-state index contributed by atoms with van der Waals surface area (Å²) in [6.45, 7) is 7.89. The Morgan fingerprint density at radius 2 is 0.872 bits per heavy atom. The summed E-state index contributed by atoms with van der Waals surface area (Å²) in [6.07, 6.45) is 3.50. The highest BCUT2D eigenvalue weighted by Crippen LogP contribution is 2.57. The second-order valence-corrected chi connectivity index (χ2v) is 9.64. The number of carbonyl (C=O) groups is 4. The Kier molecular flexibility index (Phi) is 4.57. The number of hydrogen-bond donors (Lipinski definition) is 0. The minimum absolute atomic E-state index is 0.169. The van der Waals surface area contributed by atoms with Gasteiger partial charge in [0.1, 0.15) is 0 Å². The van der Waals surface area contributed by atoms with Gasteiger partial charge in [-0.15, -0.1) is 0 Å². The fraction of sp³-hybridized carbons (Fsp3) is 0.0303. The van der Waals surface area contributed by atoms with Crippen LogP contribution in [0.5, 0.6) is 0 Å². The Morgan fingerprint density at radius 3 is 1.28 bits per heavy atom. The summed E-state index contributed by atoms with van der Waals surface area (Å²) in [6, 6.07) is 22.2. The van der Waals surface area contributed by atoms with Crippen molar-refractivity contribution in [1.29, 1.82) is 0 Å². The molecule has 7 rings (SSSR count). The average molecular weight is 511 g/mol. The quantitative estimate of drug-likeness (QED) is 0.219. The van der Waals surface area contributed by atoms with Gasteiger partial charge in [-0.3, -0.25) is 0 Å². The summed E-state index contributed by atoms with van der Waals surface area (Å²) in [4.78, 5) is 49.8. The summed E-state index contributed by atoms with van der Waals surface area (Å²) >= 11 is 0. The van der Waals surface area contributed by atoms with Gasteiger partial charge in [0, 0.05) is 0 Å². The van der Waals surface area contributed by atoms with Crippen molar-refractivity contribution in [3.8, 4) is 11.1 Å². The highest BCUT2D eigenvalue weighted by atomic mass is 16.6. The monoisotopic (exact) mass is 510 g/mol. The van der Waals surface area contributed by atoms with Crippen LogP contribution in [0.2, 0.25) is 0 Å². The van der Waals surface area contributed by atoms with Gasteiger partial charge in [0.2, 0.25) is 0 Å². The Bertz CT molecular complexity index is 1740. The Hall–Kier alpha value is -5.36. The van der Waals surface area contributed by atoms with Crippen LogP contribution in [0.3, 0.4) is 0 Å². The lowest BCUT2D eigenvalue weighted by molar-refractivity contribution is 0.0425. The van der Waals surface area contributed by atoms with Crippen molar-refractivity contribution in [3.63, 3.8) is 0 Å². The predicted octanol–water partition coefficient (Wildman–Crippen LogP) is 5.96. The maximum absolute atomic E-state index is 12.6. The fourth-order valence-electron chi connectivity index (χ4n) is 6.04. The first-order valence-electron chi connectivity index (χ1n) is 12.2. The van der Waals surface area contributed by atoms with Crippen molar-refractivity contribution in [2.75, 3.05) is 0 Å². The molecule has 4 aromatic rings. The van der Waals surface area contributed by atoms with E-state index in [-0.39, 0.29) is 22.3 Å². The van der Waals surface area contributed by atoms with E-state index >= 15 is 0 Å². The topological polar surface area (TPSA) is 86.7 Å². The van der Waals surface area contributed by atoms with Crippen molar-refractivity contribution in [2.24, 2.45) is 0 Å². The summed E-state index contributed by atoms with van der Waals surface area (Å²) in [5.74, 6) is -2.81. The summed E-state index contributed by atoms with van der Waals surface area (Å²) in [5, 5.41) is 0. The Morgan fingerprint density at radius 1 is 0.487 bits per heavy atom. The molecule has 1 aliphatic carbocycles. The molecule has 0 radical (unpaired) electrons. The Balaban J connectivity index is 1.65. The van der Waals surface area contributed by atoms with E-state index in [1.165, 1.54) is 0 Å². The first kappa shape index (κ1) is 22.8. The molecule has 0 spiro atoms. The van der Waals surface area contributed by atoms with Crippen molar-refractivity contribution >= 4 is 36.0 Å². The molecule has 0 amide bonds. The van der Waals surface area contributed by atoms with E-state index in [0.29, 0.717) is 11.1 Å². The molecule has 39 heavy (non-hydrogen) atoms. The molecule has 4 aromatic carbocycles. The summed E-state index contributed by atoms with van der Waals surface area (Å²) in [5.41, 5.74) is 6.53. The molecule has 2 aliphatic heterocycles. The molecule has 0 fully saturated rings. The largest absolute Gasteiger partial charge is 0.386 e. The van der Waals surface area contributed by atoms with Gasteiger partial charge >= 0.3 is 23.9 Å². The molecule has 0 N–H and O–H groups in total. The molecule has 2 heterocycles. The zero-order valence-corrected chi connectivity index (χ0v) is 20.4. The number of cyclic esters (lactones) is 4. The van der Waals surface area contributed by atoms with Gasteiger partial charge in [0.25, 0.3) is 0 Å². The number of rotatable bonds is 4. The molecule has 0 bridgehead atoms. The first-order valence-corrected chi connectivity index (χ1v) is 12.2. The normalized spacial score (nSPS) is 15.7. The van der Waals surface area contributed by atoms with Crippen molar-refractivity contribution in [1.82, 2.24) is 0 Å². The van der Waals surface area contributed by atoms with Gasteiger partial charge in [-0.2, -0.15) is 0 Å². The van der Waals surface area contributed by atoms with Crippen molar-refractivity contribution < 1.29 is 28.7 Å². The highest BCUT2D eigenvalue weighted by molar-refractivity contribution is 6.15. The molecule has 6 nitrogen and oxygen atoms in total. The average Bonchev–Trinajstić information content (AvgIpc) is 3.53. The van der Waals surface area contributed by atoms with Crippen LogP contribution in [0.25, 0.3) is 23.3 Å². The maximum Gasteiger partial charge on any atom is 0.346 e. The minimum Gasteiger partial charge on any atom is -0.386 e. The smallest absolute Gasteiger partial charge is 0.346 e. The number of carbonyl (C=O) groups excluding carboxylic acids is 4. The van der Waals surface area contributed by atoms with E-state index in [0.717, 1.165) is 33.4 Å². The van der Waals surface area contributed by atoms with Crippen LogP contribution in [-0.2, 0) is 14.9 Å². The lowest BCUT2D eigenvalue weighted by Crippen LogP contribution is -2.29.